The summed E-state index contributed by atoms with van der Waals surface area (Å²) in [5.41, 5.74) is 2.26. The van der Waals surface area contributed by atoms with Crippen LogP contribution in [0.15, 0.2) is 34.6 Å². The van der Waals surface area contributed by atoms with Crippen molar-refractivity contribution in [3.8, 4) is 0 Å². The Morgan fingerprint density at radius 2 is 1.96 bits per heavy atom. The third-order valence-corrected chi connectivity index (χ3v) is 4.79. The first-order valence-corrected chi connectivity index (χ1v) is 9.03. The summed E-state index contributed by atoms with van der Waals surface area (Å²) >= 11 is 7.89. The van der Waals surface area contributed by atoms with Crippen LogP contribution in [0.4, 0.5) is 0 Å². The van der Waals surface area contributed by atoms with Crippen molar-refractivity contribution in [2.24, 2.45) is 4.99 Å². The highest BCUT2D eigenvalue weighted by Gasteiger charge is 2.02. The molecule has 0 fully saturated rings. The van der Waals surface area contributed by atoms with Crippen molar-refractivity contribution in [3.05, 3.63) is 50.9 Å². The second-order valence-corrected chi connectivity index (χ2v) is 6.60. The minimum Gasteiger partial charge on any atom is -0.356 e. The van der Waals surface area contributed by atoms with Crippen LogP contribution in [0.3, 0.4) is 0 Å². The molecule has 0 aliphatic rings. The predicted octanol–water partition coefficient (Wildman–Crippen LogP) is 4.06. The molecule has 1 aromatic carbocycles. The first-order chi connectivity index (χ1) is 11.2. The average Bonchev–Trinajstić information content (AvgIpc) is 2.97. The van der Waals surface area contributed by atoms with Crippen LogP contribution in [-0.4, -0.2) is 31.1 Å². The maximum atomic E-state index is 6.16. The maximum Gasteiger partial charge on any atom is 0.190 e. The average molecular weight is 479 g/mol. The largest absolute Gasteiger partial charge is 0.356 e. The number of halogens is 2. The number of aromatic nitrogens is 1. The fourth-order valence-corrected chi connectivity index (χ4v) is 3.25. The summed E-state index contributed by atoms with van der Waals surface area (Å²) in [6, 6.07) is 7.93. The second kappa shape index (κ2) is 11.7. The van der Waals surface area contributed by atoms with E-state index in [-0.39, 0.29) is 24.0 Å². The minimum atomic E-state index is 0. The van der Waals surface area contributed by atoms with Crippen LogP contribution in [0.25, 0.3) is 0 Å². The summed E-state index contributed by atoms with van der Waals surface area (Å²) in [5.74, 6) is 0.826. The molecule has 0 aliphatic heterocycles. The molecule has 0 amide bonds. The van der Waals surface area contributed by atoms with E-state index in [9.17, 15) is 0 Å². The van der Waals surface area contributed by atoms with Crippen molar-refractivity contribution in [2.75, 3.05) is 20.1 Å². The van der Waals surface area contributed by atoms with Gasteiger partial charge in [0, 0.05) is 42.7 Å². The number of hydrogen-bond donors (Lipinski definition) is 2. The number of rotatable bonds is 7. The van der Waals surface area contributed by atoms with E-state index in [0.717, 1.165) is 54.6 Å². The number of nitrogens with zero attached hydrogens (tertiary/aromatic N) is 2. The monoisotopic (exact) mass is 478 g/mol. The van der Waals surface area contributed by atoms with E-state index in [1.165, 1.54) is 5.01 Å². The number of aliphatic imine (C=N–C) groups is 1. The van der Waals surface area contributed by atoms with E-state index < -0.39 is 0 Å². The van der Waals surface area contributed by atoms with Crippen LogP contribution < -0.4 is 10.6 Å². The molecule has 0 unspecified atom stereocenters. The van der Waals surface area contributed by atoms with Crippen molar-refractivity contribution in [3.63, 3.8) is 0 Å². The normalized spacial score (nSPS) is 11.0. The van der Waals surface area contributed by atoms with Crippen LogP contribution in [-0.2, 0) is 12.8 Å². The predicted molar refractivity (Wildman–Crippen MR) is 115 cm³/mol. The smallest absolute Gasteiger partial charge is 0.190 e. The lowest BCUT2D eigenvalue weighted by Gasteiger charge is -2.12. The highest BCUT2D eigenvalue weighted by molar-refractivity contribution is 14.0. The molecule has 132 valence electrons. The molecular weight excluding hydrogens is 455 g/mol. The molecule has 24 heavy (non-hydrogen) atoms. The van der Waals surface area contributed by atoms with E-state index >= 15 is 0 Å². The van der Waals surface area contributed by atoms with Gasteiger partial charge >= 0.3 is 0 Å². The fourth-order valence-electron chi connectivity index (χ4n) is 2.20. The molecule has 0 radical (unpaired) electrons. The van der Waals surface area contributed by atoms with Gasteiger partial charge in [0.05, 0.1) is 5.01 Å². The summed E-state index contributed by atoms with van der Waals surface area (Å²) in [6.45, 7) is 3.71. The van der Waals surface area contributed by atoms with E-state index in [4.69, 9.17) is 11.6 Å². The van der Waals surface area contributed by atoms with E-state index in [1.54, 1.807) is 18.4 Å². The zero-order chi connectivity index (χ0) is 16.5. The van der Waals surface area contributed by atoms with Gasteiger partial charge in [-0.25, -0.2) is 4.98 Å². The van der Waals surface area contributed by atoms with E-state index in [1.807, 2.05) is 25.1 Å². The third kappa shape index (κ3) is 7.36. The Hall–Kier alpha value is -0.860. The molecule has 2 N–H and O–H groups in total. The van der Waals surface area contributed by atoms with Crippen molar-refractivity contribution >= 4 is 52.9 Å². The van der Waals surface area contributed by atoms with Gasteiger partial charge < -0.3 is 10.6 Å². The van der Waals surface area contributed by atoms with Gasteiger partial charge in [0.1, 0.15) is 0 Å². The lowest BCUT2D eigenvalue weighted by molar-refractivity contribution is 0.736. The topological polar surface area (TPSA) is 49.3 Å². The van der Waals surface area contributed by atoms with Gasteiger partial charge in [0.25, 0.3) is 0 Å². The molecule has 0 spiro atoms. The highest BCUT2D eigenvalue weighted by Crippen LogP contribution is 2.14. The van der Waals surface area contributed by atoms with E-state index in [2.05, 4.69) is 32.1 Å². The number of thiazole rings is 1. The van der Waals surface area contributed by atoms with Gasteiger partial charge in [-0.2, -0.15) is 0 Å². The van der Waals surface area contributed by atoms with Crippen LogP contribution in [0.1, 0.15) is 22.7 Å². The molecule has 0 saturated heterocycles. The van der Waals surface area contributed by atoms with Crippen LogP contribution in [0.5, 0.6) is 0 Å². The number of nitrogens with one attached hydrogen (secondary N) is 2. The molecule has 0 bridgehead atoms. The molecule has 0 aliphatic carbocycles. The van der Waals surface area contributed by atoms with Gasteiger partial charge in [-0.3, -0.25) is 4.99 Å². The maximum absolute atomic E-state index is 6.16. The first-order valence-electron chi connectivity index (χ1n) is 7.78. The van der Waals surface area contributed by atoms with Gasteiger partial charge in [-0.1, -0.05) is 29.8 Å². The van der Waals surface area contributed by atoms with Crippen LogP contribution >= 0.6 is 46.9 Å². The van der Waals surface area contributed by atoms with Crippen molar-refractivity contribution < 1.29 is 0 Å². The van der Waals surface area contributed by atoms with E-state index in [0.29, 0.717) is 0 Å². The van der Waals surface area contributed by atoms with Gasteiger partial charge in [-0.15, -0.1) is 35.3 Å². The second-order valence-electron chi connectivity index (χ2n) is 5.25. The Morgan fingerprint density at radius 3 is 2.62 bits per heavy atom. The molecule has 7 heteroatoms. The Labute approximate surface area is 170 Å². The molecule has 2 rings (SSSR count). The van der Waals surface area contributed by atoms with Crippen molar-refractivity contribution in [1.82, 2.24) is 15.6 Å². The number of benzene rings is 1. The Bertz CT molecular complexity index is 645. The molecule has 4 nitrogen and oxygen atoms in total. The molecule has 0 atom stereocenters. The lowest BCUT2D eigenvalue weighted by Crippen LogP contribution is -2.38. The Balaban J connectivity index is 0.00000288. The Kier molecular flexibility index (Phi) is 10.3. The SMILES string of the molecule is CN=C(NCCCc1nc(C)cs1)NCCc1ccccc1Cl.I. The van der Waals surface area contributed by atoms with Crippen LogP contribution in [0.2, 0.25) is 5.02 Å². The summed E-state index contributed by atoms with van der Waals surface area (Å²) in [5, 5.41) is 10.8. The van der Waals surface area contributed by atoms with Gasteiger partial charge in [-0.05, 0) is 31.4 Å². The number of aryl methyl sites for hydroxylation is 2. The molecule has 2 aromatic rings. The number of guanidine groups is 1. The van der Waals surface area contributed by atoms with Gasteiger partial charge in [0.15, 0.2) is 5.96 Å². The zero-order valence-electron chi connectivity index (χ0n) is 14.0. The number of hydrogen-bond acceptors (Lipinski definition) is 3. The molecule has 0 saturated carbocycles. The minimum absolute atomic E-state index is 0. The summed E-state index contributed by atoms with van der Waals surface area (Å²) < 4.78 is 0. The lowest BCUT2D eigenvalue weighted by atomic mass is 10.1. The summed E-state index contributed by atoms with van der Waals surface area (Å²) in [6.07, 6.45) is 2.92. The van der Waals surface area contributed by atoms with Gasteiger partial charge in [0.2, 0.25) is 0 Å². The summed E-state index contributed by atoms with van der Waals surface area (Å²) in [7, 11) is 1.79. The van der Waals surface area contributed by atoms with Crippen molar-refractivity contribution in [2.45, 2.75) is 26.2 Å². The highest BCUT2D eigenvalue weighted by atomic mass is 127. The third-order valence-electron chi connectivity index (χ3n) is 3.39. The standard InChI is InChI=1S/C17H23ClN4S.HI/c1-13-12-23-16(22-13)8-5-10-20-17(19-2)21-11-9-14-6-3-4-7-15(14)18;/h3-4,6-7,12H,5,8-11H2,1-2H3,(H2,19,20,21);1H. The molecule has 1 heterocycles. The first kappa shape index (κ1) is 21.2. The fraction of sp³-hybridized carbons (Fsp3) is 0.412. The van der Waals surface area contributed by atoms with Crippen molar-refractivity contribution in [1.29, 1.82) is 0 Å². The molecular formula is C17H24ClIN4S. The zero-order valence-corrected chi connectivity index (χ0v) is 17.9. The Morgan fingerprint density at radius 1 is 1.21 bits per heavy atom. The van der Waals surface area contributed by atoms with Crippen LogP contribution in [0, 0.1) is 6.92 Å². The quantitative estimate of drug-likeness (QED) is 0.273. The molecule has 1 aromatic heterocycles. The summed E-state index contributed by atoms with van der Waals surface area (Å²) in [4.78, 5) is 8.71.